The number of hydrogen-bond donors (Lipinski definition) is 3. The molecular formula is C34H45N6O2+. The number of aryl methyl sites for hydroxylation is 1. The van der Waals surface area contributed by atoms with Gasteiger partial charge in [0.25, 0.3) is 11.8 Å². The summed E-state index contributed by atoms with van der Waals surface area (Å²) in [6.45, 7) is 17.5. The monoisotopic (exact) mass is 569 g/mol. The number of nitrogens with two attached hydrogens (primary N) is 1. The second kappa shape index (κ2) is 15.0. The Balaban J connectivity index is 1.99. The largest absolute Gasteiger partial charge is 0.402 e. The Labute approximate surface area is 250 Å². The van der Waals surface area contributed by atoms with Gasteiger partial charge >= 0.3 is 0 Å². The van der Waals surface area contributed by atoms with E-state index >= 15 is 0 Å². The smallest absolute Gasteiger partial charge is 0.268 e. The molecule has 1 aromatic heterocycles. The minimum absolute atomic E-state index is 0.0560. The van der Waals surface area contributed by atoms with Gasteiger partial charge in [-0.3, -0.25) is 14.5 Å². The fraction of sp³-hybridized carbons (Fsp3) is 0.324. The van der Waals surface area contributed by atoms with Gasteiger partial charge in [-0.1, -0.05) is 66.3 Å². The number of nitrogens with zero attached hydrogens (tertiary/aromatic N) is 3. The highest BCUT2D eigenvalue weighted by atomic mass is 16.2. The van der Waals surface area contributed by atoms with Crippen molar-refractivity contribution in [1.29, 1.82) is 0 Å². The molecule has 2 unspecified atom stereocenters. The van der Waals surface area contributed by atoms with E-state index in [9.17, 15) is 9.59 Å². The zero-order valence-corrected chi connectivity index (χ0v) is 25.6. The summed E-state index contributed by atoms with van der Waals surface area (Å²) >= 11 is 0. The first kappa shape index (κ1) is 32.1. The average molecular weight is 570 g/mol. The topological polar surface area (TPSA) is 97.5 Å². The van der Waals surface area contributed by atoms with Crippen molar-refractivity contribution in [3.8, 4) is 0 Å². The van der Waals surface area contributed by atoms with Crippen molar-refractivity contribution < 1.29 is 14.2 Å². The van der Waals surface area contributed by atoms with Crippen LogP contribution in [0, 0.1) is 6.92 Å². The van der Waals surface area contributed by atoms with Gasteiger partial charge in [0.1, 0.15) is 25.0 Å². The van der Waals surface area contributed by atoms with Crippen LogP contribution in [0.5, 0.6) is 0 Å². The molecule has 222 valence electrons. The number of carbonyl (C=O) groups is 2. The van der Waals surface area contributed by atoms with Crippen molar-refractivity contribution in [3.05, 3.63) is 119 Å². The lowest BCUT2D eigenvalue weighted by Crippen LogP contribution is -2.59. The molecule has 2 amide bonds. The van der Waals surface area contributed by atoms with E-state index in [1.54, 1.807) is 37.0 Å². The molecule has 8 heteroatoms. The fourth-order valence-corrected chi connectivity index (χ4v) is 5.19. The van der Waals surface area contributed by atoms with Gasteiger partial charge in [-0.15, -0.1) is 0 Å². The molecule has 2 aromatic rings. The zero-order chi connectivity index (χ0) is 30.8. The van der Waals surface area contributed by atoms with E-state index in [0.717, 1.165) is 22.3 Å². The number of allylic oxidation sites excluding steroid dienone is 5. The highest BCUT2D eigenvalue weighted by Gasteiger charge is 2.36. The predicted octanol–water partition coefficient (Wildman–Crippen LogP) is 4.47. The van der Waals surface area contributed by atoms with E-state index in [4.69, 9.17) is 5.73 Å². The zero-order valence-electron chi connectivity index (χ0n) is 25.6. The molecule has 8 nitrogen and oxygen atoms in total. The maximum Gasteiger partial charge on any atom is 0.268 e. The van der Waals surface area contributed by atoms with Crippen LogP contribution in [-0.4, -0.2) is 77.2 Å². The molecule has 1 saturated heterocycles. The van der Waals surface area contributed by atoms with Crippen molar-refractivity contribution in [2.24, 2.45) is 5.73 Å². The Morgan fingerprint density at radius 3 is 2.50 bits per heavy atom. The Morgan fingerprint density at radius 1 is 1.19 bits per heavy atom. The van der Waals surface area contributed by atoms with Gasteiger partial charge in [-0.2, -0.15) is 0 Å². The highest BCUT2D eigenvalue weighted by molar-refractivity contribution is 5.96. The summed E-state index contributed by atoms with van der Waals surface area (Å²) in [7, 11) is 1.77. The molecule has 1 fully saturated rings. The quantitative estimate of drug-likeness (QED) is 0.161. The number of rotatable bonds is 11. The number of amides is 2. The molecule has 1 aliphatic heterocycles. The number of aromatic nitrogens is 1. The normalized spacial score (nSPS) is 17.8. The third-order valence-corrected chi connectivity index (χ3v) is 7.10. The third-order valence-electron chi connectivity index (χ3n) is 7.10. The van der Waals surface area contributed by atoms with Crippen LogP contribution in [-0.2, 0) is 4.79 Å². The van der Waals surface area contributed by atoms with Crippen molar-refractivity contribution in [1.82, 2.24) is 20.1 Å². The SMILES string of the molecule is C=C(C)C=C/C=C(\C)C(c1ccccc1)N1CCN(C(=O)C(/C=C(\C)N)=C/[N+](=C)C)CC1CNC(=O)c1[nH]ccc1C. The first-order valence-corrected chi connectivity index (χ1v) is 14.2. The molecular weight excluding hydrogens is 524 g/mol. The number of piperazine rings is 1. The first-order chi connectivity index (χ1) is 20.0. The van der Waals surface area contributed by atoms with Gasteiger partial charge in [0.2, 0.25) is 0 Å². The van der Waals surface area contributed by atoms with Gasteiger partial charge in [-0.25, -0.2) is 4.58 Å². The molecule has 0 aliphatic carbocycles. The molecule has 3 rings (SSSR count). The minimum atomic E-state index is -0.172. The minimum Gasteiger partial charge on any atom is -0.402 e. The standard InChI is InChI=1S/C34H44N6O2/c1-24(2)12-11-13-26(4)32(28-14-9-8-10-15-28)40-19-18-39(34(42)29(20-27(5)35)22-38(6)7)23-30(40)21-37-33(41)31-25(3)16-17-36-31/h8-17,20,22,30,32H,1,6,18-19,21,23,35H2,2-5,7H3,(H-,36,37,41)/p+1/b12-11?,26-13+,27-20+,29-22+. The van der Waals surface area contributed by atoms with Crippen LogP contribution in [0.3, 0.4) is 0 Å². The van der Waals surface area contributed by atoms with E-state index in [1.165, 1.54) is 0 Å². The number of carbonyl (C=O) groups excluding carboxylic acids is 2. The summed E-state index contributed by atoms with van der Waals surface area (Å²) in [5.74, 6) is -0.297. The van der Waals surface area contributed by atoms with Crippen molar-refractivity contribution in [2.75, 3.05) is 33.2 Å². The van der Waals surface area contributed by atoms with E-state index < -0.39 is 0 Å². The molecule has 2 atom stereocenters. The maximum atomic E-state index is 13.7. The number of aromatic amines is 1. The van der Waals surface area contributed by atoms with E-state index in [-0.39, 0.29) is 23.9 Å². The van der Waals surface area contributed by atoms with Gasteiger partial charge in [0.15, 0.2) is 6.20 Å². The van der Waals surface area contributed by atoms with E-state index in [0.29, 0.717) is 43.1 Å². The van der Waals surface area contributed by atoms with Gasteiger partial charge < -0.3 is 20.9 Å². The number of H-pyrrole nitrogens is 1. The maximum absolute atomic E-state index is 13.7. The Bertz CT molecular complexity index is 1410. The summed E-state index contributed by atoms with van der Waals surface area (Å²) in [4.78, 5) is 34.1. The predicted molar refractivity (Wildman–Crippen MR) is 171 cm³/mol. The van der Waals surface area contributed by atoms with E-state index in [2.05, 4.69) is 53.6 Å². The van der Waals surface area contributed by atoms with Crippen molar-refractivity contribution in [2.45, 2.75) is 39.8 Å². The lowest BCUT2D eigenvalue weighted by molar-refractivity contribution is -0.412. The second-order valence-corrected chi connectivity index (χ2v) is 11.0. The van der Waals surface area contributed by atoms with Crippen LogP contribution in [0.2, 0.25) is 0 Å². The number of nitrogens with one attached hydrogen (secondary N) is 2. The summed E-state index contributed by atoms with van der Waals surface area (Å²) in [6, 6.07) is 12.0. The summed E-state index contributed by atoms with van der Waals surface area (Å²) in [5, 5.41) is 3.12. The molecule has 0 radical (unpaired) electrons. The van der Waals surface area contributed by atoms with Crippen LogP contribution in [0.25, 0.3) is 0 Å². The number of hydrogen-bond acceptors (Lipinski definition) is 4. The molecule has 1 aromatic carbocycles. The van der Waals surface area contributed by atoms with Crippen LogP contribution in [0.1, 0.15) is 48.4 Å². The van der Waals surface area contributed by atoms with Crippen molar-refractivity contribution >= 4 is 18.5 Å². The van der Waals surface area contributed by atoms with Gasteiger partial charge in [0.05, 0.1) is 6.04 Å². The fourth-order valence-electron chi connectivity index (χ4n) is 5.19. The van der Waals surface area contributed by atoms with Crippen LogP contribution in [0.4, 0.5) is 0 Å². The molecule has 42 heavy (non-hydrogen) atoms. The molecule has 0 spiro atoms. The Hall–Kier alpha value is -4.43. The molecule has 4 N–H and O–H groups in total. The average Bonchev–Trinajstić information content (AvgIpc) is 3.37. The Kier molecular flexibility index (Phi) is 11.4. The van der Waals surface area contributed by atoms with Crippen LogP contribution < -0.4 is 11.1 Å². The highest BCUT2D eigenvalue weighted by Crippen LogP contribution is 2.32. The lowest BCUT2D eigenvalue weighted by Gasteiger charge is -2.46. The summed E-state index contributed by atoms with van der Waals surface area (Å²) in [6.07, 6.45) is 11.2. The lowest BCUT2D eigenvalue weighted by atomic mass is 9.94. The Morgan fingerprint density at radius 2 is 1.90 bits per heavy atom. The van der Waals surface area contributed by atoms with E-state index in [1.807, 2.05) is 55.2 Å². The molecule has 2 heterocycles. The molecule has 1 aliphatic rings. The van der Waals surface area contributed by atoms with Crippen LogP contribution >= 0.6 is 0 Å². The number of benzene rings is 1. The summed E-state index contributed by atoms with van der Waals surface area (Å²) < 4.78 is 1.59. The van der Waals surface area contributed by atoms with Crippen LogP contribution in [0.15, 0.2) is 102 Å². The molecule has 0 saturated carbocycles. The first-order valence-electron chi connectivity index (χ1n) is 14.2. The molecule has 0 bridgehead atoms. The van der Waals surface area contributed by atoms with Crippen molar-refractivity contribution in [3.63, 3.8) is 0 Å². The summed E-state index contributed by atoms with van der Waals surface area (Å²) in [5.41, 5.74) is 11.6. The van der Waals surface area contributed by atoms with Gasteiger partial charge in [0, 0.05) is 44.1 Å². The second-order valence-electron chi connectivity index (χ2n) is 11.0. The van der Waals surface area contributed by atoms with Gasteiger partial charge in [-0.05, 0) is 51.0 Å². The third kappa shape index (κ3) is 8.78.